The minimum atomic E-state index is 0.842. The van der Waals surface area contributed by atoms with Crippen molar-refractivity contribution in [3.05, 3.63) is 0 Å². The van der Waals surface area contributed by atoms with Gasteiger partial charge >= 0.3 is 0 Å². The molecule has 0 spiro atoms. The molecule has 6 aliphatic rings. The minimum Gasteiger partial charge on any atom is -0.0651 e. The van der Waals surface area contributed by atoms with Crippen LogP contribution >= 0.6 is 0 Å². The molecule has 0 nitrogen and oxygen atoms in total. The molecule has 0 aliphatic heterocycles. The monoisotopic (exact) mass is 288 g/mol. The Kier molecular flexibility index (Phi) is 3.87. The Morgan fingerprint density at radius 1 is 0.714 bits per heavy atom. The topological polar surface area (TPSA) is 0 Å². The predicted molar refractivity (Wildman–Crippen MR) is 90.1 cm³/mol. The predicted octanol–water partition coefficient (Wildman–Crippen LogP) is 6.45. The van der Waals surface area contributed by atoms with Crippen LogP contribution in [-0.2, 0) is 0 Å². The van der Waals surface area contributed by atoms with E-state index in [0.717, 1.165) is 40.9 Å². The highest BCUT2D eigenvalue weighted by atomic mass is 14.5. The van der Waals surface area contributed by atoms with E-state index in [2.05, 4.69) is 13.8 Å². The summed E-state index contributed by atoms with van der Waals surface area (Å²) in [6, 6.07) is 0. The molecule has 6 rings (SSSR count). The first-order valence-corrected chi connectivity index (χ1v) is 10.2. The van der Waals surface area contributed by atoms with Gasteiger partial charge in [-0.3, -0.25) is 0 Å². The maximum absolute atomic E-state index is 2.42. The van der Waals surface area contributed by atoms with E-state index in [1.165, 1.54) is 12.8 Å². The van der Waals surface area contributed by atoms with E-state index >= 15 is 0 Å². The highest BCUT2D eigenvalue weighted by Gasteiger charge is 2.49. The van der Waals surface area contributed by atoms with Gasteiger partial charge in [0.05, 0.1) is 0 Å². The Morgan fingerprint density at radius 2 is 1.33 bits per heavy atom. The van der Waals surface area contributed by atoms with E-state index in [9.17, 15) is 0 Å². The van der Waals surface area contributed by atoms with E-state index in [4.69, 9.17) is 0 Å². The van der Waals surface area contributed by atoms with Crippen LogP contribution in [0.5, 0.6) is 0 Å². The zero-order chi connectivity index (χ0) is 14.4. The molecule has 0 saturated heterocycles. The van der Waals surface area contributed by atoms with E-state index in [1.807, 2.05) is 0 Å². The van der Waals surface area contributed by atoms with Crippen molar-refractivity contribution in [2.24, 2.45) is 40.9 Å². The molecular formula is C21H36. The number of hydrogen-bond donors (Lipinski definition) is 0. The summed E-state index contributed by atoms with van der Waals surface area (Å²) in [5.74, 6) is 6.88. The summed E-state index contributed by atoms with van der Waals surface area (Å²) in [4.78, 5) is 0. The number of rotatable bonds is 2. The zero-order valence-corrected chi connectivity index (χ0v) is 14.4. The van der Waals surface area contributed by atoms with Crippen LogP contribution in [0.1, 0.15) is 90.9 Å². The van der Waals surface area contributed by atoms with Crippen molar-refractivity contribution in [3.63, 3.8) is 0 Å². The molecule has 0 N–H and O–H groups in total. The van der Waals surface area contributed by atoms with Gasteiger partial charge in [-0.2, -0.15) is 0 Å². The van der Waals surface area contributed by atoms with Gasteiger partial charge in [-0.15, -0.1) is 0 Å². The van der Waals surface area contributed by atoms with Crippen LogP contribution in [-0.4, -0.2) is 0 Å². The first-order chi connectivity index (χ1) is 10.2. The maximum Gasteiger partial charge on any atom is -0.0292 e. The third kappa shape index (κ3) is 2.70. The van der Waals surface area contributed by atoms with E-state index < -0.39 is 0 Å². The molecule has 6 bridgehead atoms. The van der Waals surface area contributed by atoms with E-state index in [1.54, 1.807) is 64.2 Å². The quantitative estimate of drug-likeness (QED) is 0.548. The van der Waals surface area contributed by atoms with Crippen molar-refractivity contribution in [3.8, 4) is 0 Å². The fraction of sp³-hybridized carbons (Fsp3) is 1.00. The molecule has 0 aromatic rings. The molecule has 6 saturated carbocycles. The summed E-state index contributed by atoms with van der Waals surface area (Å²) in [5, 5.41) is 0. The average Bonchev–Trinajstić information content (AvgIpc) is 3.09. The van der Waals surface area contributed by atoms with Crippen LogP contribution in [0.3, 0.4) is 0 Å². The number of fused-ring (bicyclic) bond motifs is 2. The molecule has 0 radical (unpaired) electrons. The molecule has 0 aromatic heterocycles. The summed E-state index contributed by atoms with van der Waals surface area (Å²) in [6.45, 7) is 4.78. The standard InChI is InChI=1S/C12H20.C9H16/c1-2-12-6-9-3-10(7-12)5-11(4-9)8-12;1-2-8-5-7-3-4-9(8)6-7/h9-11H,2-8H2,1H3;7-9H,2-6H2,1H3. The van der Waals surface area contributed by atoms with Crippen LogP contribution < -0.4 is 0 Å². The lowest BCUT2D eigenvalue weighted by Crippen LogP contribution is -2.45. The average molecular weight is 289 g/mol. The summed E-state index contributed by atoms with van der Waals surface area (Å²) in [6.07, 6.45) is 18.7. The van der Waals surface area contributed by atoms with Crippen molar-refractivity contribution >= 4 is 0 Å². The van der Waals surface area contributed by atoms with Crippen molar-refractivity contribution in [2.75, 3.05) is 0 Å². The first-order valence-electron chi connectivity index (χ1n) is 10.2. The highest BCUT2D eigenvalue weighted by molar-refractivity contribution is 5.00. The van der Waals surface area contributed by atoms with Gasteiger partial charge in [-0.1, -0.05) is 33.1 Å². The van der Waals surface area contributed by atoms with Gasteiger partial charge in [0.25, 0.3) is 0 Å². The fourth-order valence-corrected chi connectivity index (χ4v) is 7.60. The van der Waals surface area contributed by atoms with Gasteiger partial charge in [0.2, 0.25) is 0 Å². The van der Waals surface area contributed by atoms with Gasteiger partial charge in [-0.25, -0.2) is 0 Å². The Hall–Kier alpha value is 0. The molecular weight excluding hydrogens is 252 g/mol. The molecule has 3 atom stereocenters. The third-order valence-corrected chi connectivity index (χ3v) is 8.32. The lowest BCUT2D eigenvalue weighted by molar-refractivity contribution is -0.0545. The van der Waals surface area contributed by atoms with Crippen molar-refractivity contribution in [1.29, 1.82) is 0 Å². The Balaban J connectivity index is 0.000000115. The molecule has 0 amide bonds. The second kappa shape index (κ2) is 5.57. The lowest BCUT2D eigenvalue weighted by Gasteiger charge is -2.56. The SMILES string of the molecule is CCC12CC3CC(CC(C3)C1)C2.CCC1CC2CCC1C2. The molecule has 0 aromatic carbocycles. The molecule has 0 heteroatoms. The summed E-state index contributed by atoms with van der Waals surface area (Å²) >= 11 is 0. The van der Waals surface area contributed by atoms with Gasteiger partial charge in [0.15, 0.2) is 0 Å². The summed E-state index contributed by atoms with van der Waals surface area (Å²) in [5.41, 5.74) is 0.842. The molecule has 0 heterocycles. The van der Waals surface area contributed by atoms with Gasteiger partial charge < -0.3 is 0 Å². The molecule has 3 unspecified atom stereocenters. The first kappa shape index (κ1) is 14.6. The zero-order valence-electron chi connectivity index (χ0n) is 14.4. The van der Waals surface area contributed by atoms with E-state index in [-0.39, 0.29) is 0 Å². The molecule has 6 aliphatic carbocycles. The maximum atomic E-state index is 2.42. The second-order valence-electron chi connectivity index (χ2n) is 9.61. The second-order valence-corrected chi connectivity index (χ2v) is 9.61. The van der Waals surface area contributed by atoms with Crippen LogP contribution in [0.25, 0.3) is 0 Å². The van der Waals surface area contributed by atoms with Crippen molar-refractivity contribution in [2.45, 2.75) is 90.9 Å². The normalized spacial score (nSPS) is 52.9. The lowest BCUT2D eigenvalue weighted by atomic mass is 9.49. The molecule has 120 valence electrons. The van der Waals surface area contributed by atoms with Crippen LogP contribution in [0, 0.1) is 40.9 Å². The Morgan fingerprint density at radius 3 is 1.67 bits per heavy atom. The Bertz CT molecular complexity index is 333. The van der Waals surface area contributed by atoms with Crippen LogP contribution in [0.2, 0.25) is 0 Å². The third-order valence-electron chi connectivity index (χ3n) is 8.32. The van der Waals surface area contributed by atoms with Gasteiger partial charge in [0, 0.05) is 0 Å². The van der Waals surface area contributed by atoms with E-state index in [0.29, 0.717) is 0 Å². The highest BCUT2D eigenvalue weighted by Crippen LogP contribution is 2.61. The van der Waals surface area contributed by atoms with Gasteiger partial charge in [-0.05, 0) is 98.7 Å². The molecule has 6 fully saturated rings. The fourth-order valence-electron chi connectivity index (χ4n) is 7.60. The summed E-state index contributed by atoms with van der Waals surface area (Å²) in [7, 11) is 0. The largest absolute Gasteiger partial charge is 0.0651 e. The number of hydrogen-bond acceptors (Lipinski definition) is 0. The molecule has 21 heavy (non-hydrogen) atoms. The van der Waals surface area contributed by atoms with Crippen LogP contribution in [0.15, 0.2) is 0 Å². The van der Waals surface area contributed by atoms with Crippen molar-refractivity contribution in [1.82, 2.24) is 0 Å². The smallest absolute Gasteiger partial charge is 0.0292 e. The Labute approximate surface area is 132 Å². The van der Waals surface area contributed by atoms with Gasteiger partial charge in [0.1, 0.15) is 0 Å². The van der Waals surface area contributed by atoms with Crippen molar-refractivity contribution < 1.29 is 0 Å². The van der Waals surface area contributed by atoms with Crippen LogP contribution in [0.4, 0.5) is 0 Å². The summed E-state index contributed by atoms with van der Waals surface area (Å²) < 4.78 is 0. The minimum absolute atomic E-state index is 0.842.